The second kappa shape index (κ2) is 4.91. The van der Waals surface area contributed by atoms with Crippen molar-refractivity contribution in [3.05, 3.63) is 21.9 Å². The summed E-state index contributed by atoms with van der Waals surface area (Å²) in [5.41, 5.74) is 2.88. The van der Waals surface area contributed by atoms with Gasteiger partial charge < -0.3 is 10.6 Å². The van der Waals surface area contributed by atoms with E-state index < -0.39 is 0 Å². The fourth-order valence-electron chi connectivity index (χ4n) is 1.87. The SMILES string of the molecule is Cc1cscc1CNCC1CCNC1. The van der Waals surface area contributed by atoms with E-state index in [1.54, 1.807) is 11.3 Å². The van der Waals surface area contributed by atoms with E-state index in [2.05, 4.69) is 28.3 Å². The Bertz CT molecular complexity index is 277. The highest BCUT2D eigenvalue weighted by Gasteiger charge is 2.13. The summed E-state index contributed by atoms with van der Waals surface area (Å²) in [5.74, 6) is 0.842. The monoisotopic (exact) mass is 210 g/mol. The van der Waals surface area contributed by atoms with Gasteiger partial charge in [-0.1, -0.05) is 0 Å². The lowest BCUT2D eigenvalue weighted by atomic mass is 10.1. The normalized spacial score (nSPS) is 21.6. The Morgan fingerprint density at radius 1 is 1.57 bits per heavy atom. The van der Waals surface area contributed by atoms with Crippen LogP contribution in [0.5, 0.6) is 0 Å². The zero-order chi connectivity index (χ0) is 9.80. The Morgan fingerprint density at radius 3 is 3.14 bits per heavy atom. The number of aryl methyl sites for hydroxylation is 1. The van der Waals surface area contributed by atoms with Gasteiger partial charge in [0.25, 0.3) is 0 Å². The van der Waals surface area contributed by atoms with Crippen molar-refractivity contribution in [2.45, 2.75) is 19.9 Å². The van der Waals surface area contributed by atoms with E-state index in [1.165, 1.54) is 30.6 Å². The van der Waals surface area contributed by atoms with E-state index in [4.69, 9.17) is 0 Å². The zero-order valence-electron chi connectivity index (χ0n) is 8.68. The molecule has 14 heavy (non-hydrogen) atoms. The van der Waals surface area contributed by atoms with Gasteiger partial charge in [0, 0.05) is 6.54 Å². The molecule has 1 saturated heterocycles. The van der Waals surface area contributed by atoms with Gasteiger partial charge in [-0.3, -0.25) is 0 Å². The van der Waals surface area contributed by atoms with Crippen molar-refractivity contribution >= 4 is 11.3 Å². The van der Waals surface area contributed by atoms with Gasteiger partial charge in [0.1, 0.15) is 0 Å². The third-order valence-corrected chi connectivity index (χ3v) is 3.78. The van der Waals surface area contributed by atoms with Crippen molar-refractivity contribution in [3.63, 3.8) is 0 Å². The Balaban J connectivity index is 1.70. The molecule has 1 aromatic heterocycles. The summed E-state index contributed by atoms with van der Waals surface area (Å²) in [7, 11) is 0. The molecule has 2 N–H and O–H groups in total. The predicted molar refractivity (Wildman–Crippen MR) is 61.7 cm³/mol. The van der Waals surface area contributed by atoms with E-state index in [0.717, 1.165) is 19.0 Å². The summed E-state index contributed by atoms with van der Waals surface area (Å²) in [6.45, 7) is 6.76. The Hall–Kier alpha value is -0.380. The fourth-order valence-corrected chi connectivity index (χ4v) is 2.72. The summed E-state index contributed by atoms with van der Waals surface area (Å²) in [6, 6.07) is 0. The maximum absolute atomic E-state index is 3.54. The summed E-state index contributed by atoms with van der Waals surface area (Å²) in [4.78, 5) is 0. The minimum absolute atomic E-state index is 0.842. The van der Waals surface area contributed by atoms with Crippen LogP contribution in [0, 0.1) is 12.8 Å². The molecule has 1 atom stereocenters. The molecule has 0 saturated carbocycles. The van der Waals surface area contributed by atoms with E-state index in [1.807, 2.05) is 0 Å². The molecule has 0 bridgehead atoms. The number of thiophene rings is 1. The Labute approximate surface area is 89.7 Å². The molecular formula is C11H18N2S. The van der Waals surface area contributed by atoms with Crippen LogP contribution in [0.15, 0.2) is 10.8 Å². The van der Waals surface area contributed by atoms with Gasteiger partial charge in [0.15, 0.2) is 0 Å². The first kappa shape index (κ1) is 10.1. The lowest BCUT2D eigenvalue weighted by molar-refractivity contribution is 0.512. The Kier molecular flexibility index (Phi) is 3.56. The summed E-state index contributed by atoms with van der Waals surface area (Å²) in [6.07, 6.45) is 1.33. The molecule has 0 radical (unpaired) electrons. The second-order valence-corrected chi connectivity index (χ2v) is 4.81. The van der Waals surface area contributed by atoms with Crippen molar-refractivity contribution in [1.82, 2.24) is 10.6 Å². The third-order valence-electron chi connectivity index (χ3n) is 2.87. The zero-order valence-corrected chi connectivity index (χ0v) is 9.49. The molecule has 0 spiro atoms. The largest absolute Gasteiger partial charge is 0.316 e. The molecule has 3 heteroatoms. The highest BCUT2D eigenvalue weighted by atomic mass is 32.1. The fraction of sp³-hybridized carbons (Fsp3) is 0.636. The molecule has 1 aliphatic rings. The highest BCUT2D eigenvalue weighted by molar-refractivity contribution is 7.08. The van der Waals surface area contributed by atoms with Crippen LogP contribution >= 0.6 is 11.3 Å². The van der Waals surface area contributed by atoms with Crippen LogP contribution in [0.3, 0.4) is 0 Å². The number of hydrogen-bond acceptors (Lipinski definition) is 3. The minimum atomic E-state index is 0.842. The smallest absolute Gasteiger partial charge is 0.0216 e. The molecule has 1 aliphatic heterocycles. The van der Waals surface area contributed by atoms with Crippen LogP contribution in [-0.4, -0.2) is 19.6 Å². The summed E-state index contributed by atoms with van der Waals surface area (Å²) < 4.78 is 0. The van der Waals surface area contributed by atoms with E-state index in [-0.39, 0.29) is 0 Å². The topological polar surface area (TPSA) is 24.1 Å². The molecule has 0 aromatic carbocycles. The first-order valence-corrected chi connectivity index (χ1v) is 6.23. The maximum atomic E-state index is 3.54. The standard InChI is InChI=1S/C11H18N2S/c1-9-7-14-8-11(9)6-13-5-10-2-3-12-4-10/h7-8,10,12-13H,2-6H2,1H3. The molecule has 78 valence electrons. The van der Waals surface area contributed by atoms with Crippen molar-refractivity contribution in [1.29, 1.82) is 0 Å². The van der Waals surface area contributed by atoms with Crippen LogP contribution in [0.2, 0.25) is 0 Å². The first-order valence-electron chi connectivity index (χ1n) is 5.29. The summed E-state index contributed by atoms with van der Waals surface area (Å²) >= 11 is 1.80. The average Bonchev–Trinajstić information content (AvgIpc) is 2.78. The van der Waals surface area contributed by atoms with E-state index >= 15 is 0 Å². The predicted octanol–water partition coefficient (Wildman–Crippen LogP) is 1.76. The number of hydrogen-bond donors (Lipinski definition) is 2. The molecular weight excluding hydrogens is 192 g/mol. The molecule has 2 rings (SSSR count). The maximum Gasteiger partial charge on any atom is 0.0216 e. The van der Waals surface area contributed by atoms with Crippen molar-refractivity contribution < 1.29 is 0 Å². The molecule has 0 aliphatic carbocycles. The molecule has 1 aromatic rings. The molecule has 1 fully saturated rings. The van der Waals surface area contributed by atoms with E-state index in [0.29, 0.717) is 0 Å². The van der Waals surface area contributed by atoms with Crippen molar-refractivity contribution in [2.75, 3.05) is 19.6 Å². The molecule has 2 nitrogen and oxygen atoms in total. The molecule has 1 unspecified atom stereocenters. The number of nitrogens with one attached hydrogen (secondary N) is 2. The molecule has 2 heterocycles. The van der Waals surface area contributed by atoms with Crippen LogP contribution in [-0.2, 0) is 6.54 Å². The van der Waals surface area contributed by atoms with Gasteiger partial charge in [0.2, 0.25) is 0 Å². The second-order valence-electron chi connectivity index (χ2n) is 4.07. The number of rotatable bonds is 4. The van der Waals surface area contributed by atoms with Crippen molar-refractivity contribution in [3.8, 4) is 0 Å². The van der Waals surface area contributed by atoms with Gasteiger partial charge in [-0.25, -0.2) is 0 Å². The van der Waals surface area contributed by atoms with Crippen LogP contribution in [0.4, 0.5) is 0 Å². The van der Waals surface area contributed by atoms with Crippen LogP contribution in [0.25, 0.3) is 0 Å². The van der Waals surface area contributed by atoms with Gasteiger partial charge >= 0.3 is 0 Å². The summed E-state index contributed by atoms with van der Waals surface area (Å²) in [5, 5.41) is 11.4. The Morgan fingerprint density at radius 2 is 2.50 bits per heavy atom. The quantitative estimate of drug-likeness (QED) is 0.791. The van der Waals surface area contributed by atoms with Gasteiger partial charge in [-0.15, -0.1) is 0 Å². The molecule has 0 amide bonds. The van der Waals surface area contributed by atoms with Gasteiger partial charge in [-0.2, -0.15) is 11.3 Å². The first-order chi connectivity index (χ1) is 6.86. The lowest BCUT2D eigenvalue weighted by Gasteiger charge is -2.09. The lowest BCUT2D eigenvalue weighted by Crippen LogP contribution is -2.24. The third kappa shape index (κ3) is 2.56. The minimum Gasteiger partial charge on any atom is -0.316 e. The average molecular weight is 210 g/mol. The highest BCUT2D eigenvalue weighted by Crippen LogP contribution is 2.13. The van der Waals surface area contributed by atoms with Gasteiger partial charge in [-0.05, 0) is 60.8 Å². The van der Waals surface area contributed by atoms with E-state index in [9.17, 15) is 0 Å². The van der Waals surface area contributed by atoms with Crippen molar-refractivity contribution in [2.24, 2.45) is 5.92 Å². The van der Waals surface area contributed by atoms with Crippen LogP contribution < -0.4 is 10.6 Å². The van der Waals surface area contributed by atoms with Gasteiger partial charge in [0.05, 0.1) is 0 Å². The van der Waals surface area contributed by atoms with Crippen LogP contribution in [0.1, 0.15) is 17.5 Å².